The first-order chi connectivity index (χ1) is 11.1. The predicted molar refractivity (Wildman–Crippen MR) is 94.6 cm³/mol. The number of hydrogen-bond donors (Lipinski definition) is 1. The minimum absolute atomic E-state index is 0.0329. The molecule has 1 amide bonds. The van der Waals surface area contributed by atoms with Gasteiger partial charge in [0.05, 0.1) is 0 Å². The molecule has 122 valence electrons. The summed E-state index contributed by atoms with van der Waals surface area (Å²) in [5.74, 6) is -0.0329. The molecule has 0 aliphatic carbocycles. The van der Waals surface area contributed by atoms with Crippen molar-refractivity contribution in [1.82, 2.24) is 9.88 Å². The van der Waals surface area contributed by atoms with Crippen molar-refractivity contribution in [3.63, 3.8) is 0 Å². The summed E-state index contributed by atoms with van der Waals surface area (Å²) in [5, 5.41) is 3.42. The van der Waals surface area contributed by atoms with Crippen molar-refractivity contribution >= 4 is 11.6 Å². The fourth-order valence-corrected chi connectivity index (χ4v) is 2.40. The summed E-state index contributed by atoms with van der Waals surface area (Å²) >= 11 is 0. The van der Waals surface area contributed by atoms with Gasteiger partial charge in [0, 0.05) is 31.5 Å². The molecule has 1 aromatic carbocycles. The Labute approximate surface area is 138 Å². The van der Waals surface area contributed by atoms with Crippen molar-refractivity contribution in [2.24, 2.45) is 0 Å². The summed E-state index contributed by atoms with van der Waals surface area (Å²) in [5.41, 5.74) is 2.59. The number of nitrogens with zero attached hydrogens (tertiary/aromatic N) is 2. The number of anilines is 1. The first kappa shape index (κ1) is 17.0. The summed E-state index contributed by atoms with van der Waals surface area (Å²) in [6.07, 6.45) is 3.76. The van der Waals surface area contributed by atoms with E-state index in [1.54, 1.807) is 11.1 Å². The Bertz CT molecular complexity index is 628. The molecule has 0 saturated carbocycles. The van der Waals surface area contributed by atoms with Crippen molar-refractivity contribution in [1.29, 1.82) is 0 Å². The van der Waals surface area contributed by atoms with E-state index in [9.17, 15) is 4.79 Å². The smallest absolute Gasteiger partial charge is 0.272 e. The molecule has 0 bridgehead atoms. The zero-order valence-electron chi connectivity index (χ0n) is 14.1. The molecule has 0 spiro atoms. The number of carbonyl (C=O) groups excluding carboxylic acids is 1. The van der Waals surface area contributed by atoms with Crippen LogP contribution in [-0.2, 0) is 0 Å². The summed E-state index contributed by atoms with van der Waals surface area (Å²) in [4.78, 5) is 18.3. The van der Waals surface area contributed by atoms with E-state index >= 15 is 0 Å². The Morgan fingerprint density at radius 1 is 1.26 bits per heavy atom. The average Bonchev–Trinajstić information content (AvgIpc) is 2.60. The van der Waals surface area contributed by atoms with E-state index < -0.39 is 0 Å². The van der Waals surface area contributed by atoms with Crippen LogP contribution in [0.15, 0.2) is 48.7 Å². The Morgan fingerprint density at radius 3 is 2.70 bits per heavy atom. The van der Waals surface area contributed by atoms with E-state index in [1.807, 2.05) is 37.4 Å². The molecule has 1 atom stereocenters. The third-order valence-electron chi connectivity index (χ3n) is 3.86. The van der Waals surface area contributed by atoms with Crippen LogP contribution in [0.25, 0.3) is 0 Å². The zero-order chi connectivity index (χ0) is 16.7. The van der Waals surface area contributed by atoms with Crippen LogP contribution in [0.5, 0.6) is 0 Å². The van der Waals surface area contributed by atoms with Crippen LogP contribution in [0.3, 0.4) is 0 Å². The van der Waals surface area contributed by atoms with Crippen molar-refractivity contribution in [3.05, 3.63) is 59.9 Å². The number of aromatic nitrogens is 1. The molecule has 0 radical (unpaired) electrons. The highest BCUT2D eigenvalue weighted by Crippen LogP contribution is 2.19. The number of rotatable bonds is 7. The summed E-state index contributed by atoms with van der Waals surface area (Å²) in [6, 6.07) is 14.1. The van der Waals surface area contributed by atoms with Crippen molar-refractivity contribution in [2.75, 3.05) is 18.9 Å². The fourth-order valence-electron chi connectivity index (χ4n) is 2.40. The van der Waals surface area contributed by atoms with Gasteiger partial charge in [0.2, 0.25) is 0 Å². The lowest BCUT2D eigenvalue weighted by molar-refractivity contribution is 0.0787. The first-order valence-electron chi connectivity index (χ1n) is 8.14. The van der Waals surface area contributed by atoms with Gasteiger partial charge in [-0.15, -0.1) is 0 Å². The van der Waals surface area contributed by atoms with Gasteiger partial charge in [-0.05, 0) is 31.0 Å². The number of benzene rings is 1. The van der Waals surface area contributed by atoms with Gasteiger partial charge < -0.3 is 10.2 Å². The van der Waals surface area contributed by atoms with Gasteiger partial charge in [-0.3, -0.25) is 9.78 Å². The SMILES string of the molecule is CCCCN(C)C(=O)c1cc(NC(C)c2ccccc2)ccn1. The molecular formula is C19H25N3O. The van der Waals surface area contributed by atoms with Gasteiger partial charge >= 0.3 is 0 Å². The van der Waals surface area contributed by atoms with Crippen LogP contribution in [0.4, 0.5) is 5.69 Å². The highest BCUT2D eigenvalue weighted by atomic mass is 16.2. The van der Waals surface area contributed by atoms with Crippen LogP contribution >= 0.6 is 0 Å². The maximum Gasteiger partial charge on any atom is 0.272 e. The predicted octanol–water partition coefficient (Wildman–Crippen LogP) is 4.13. The molecule has 1 N–H and O–H groups in total. The molecule has 0 saturated heterocycles. The number of carbonyl (C=O) groups is 1. The Hall–Kier alpha value is -2.36. The van der Waals surface area contributed by atoms with Gasteiger partial charge in [0.1, 0.15) is 5.69 Å². The second-order valence-electron chi connectivity index (χ2n) is 5.79. The summed E-state index contributed by atoms with van der Waals surface area (Å²) in [6.45, 7) is 4.98. The molecule has 1 heterocycles. The van der Waals surface area contributed by atoms with Gasteiger partial charge in [-0.2, -0.15) is 0 Å². The zero-order valence-corrected chi connectivity index (χ0v) is 14.1. The quantitative estimate of drug-likeness (QED) is 0.836. The van der Waals surface area contributed by atoms with E-state index in [1.165, 1.54) is 5.56 Å². The Morgan fingerprint density at radius 2 is 2.00 bits per heavy atom. The summed E-state index contributed by atoms with van der Waals surface area (Å²) in [7, 11) is 1.83. The fraction of sp³-hybridized carbons (Fsp3) is 0.368. The number of unbranched alkanes of at least 4 members (excludes halogenated alkanes) is 1. The number of amides is 1. The lowest BCUT2D eigenvalue weighted by Gasteiger charge is -2.18. The van der Waals surface area contributed by atoms with Gasteiger partial charge in [0.15, 0.2) is 0 Å². The van der Waals surface area contributed by atoms with Gasteiger partial charge in [-0.25, -0.2) is 0 Å². The van der Waals surface area contributed by atoms with Crippen molar-refractivity contribution < 1.29 is 4.79 Å². The molecule has 4 heteroatoms. The van der Waals surface area contributed by atoms with Crippen LogP contribution in [0, 0.1) is 0 Å². The van der Waals surface area contributed by atoms with Crippen molar-refractivity contribution in [3.8, 4) is 0 Å². The Balaban J connectivity index is 2.06. The van der Waals surface area contributed by atoms with Crippen molar-refractivity contribution in [2.45, 2.75) is 32.7 Å². The van der Waals surface area contributed by atoms with Gasteiger partial charge in [0.25, 0.3) is 5.91 Å². The third-order valence-corrected chi connectivity index (χ3v) is 3.86. The molecule has 2 aromatic rings. The number of nitrogens with one attached hydrogen (secondary N) is 1. The topological polar surface area (TPSA) is 45.2 Å². The molecule has 23 heavy (non-hydrogen) atoms. The van der Waals surface area contributed by atoms with Crippen LogP contribution in [0.1, 0.15) is 48.8 Å². The minimum Gasteiger partial charge on any atom is -0.378 e. The average molecular weight is 311 g/mol. The maximum absolute atomic E-state index is 12.4. The molecule has 1 aromatic heterocycles. The van der Waals surface area contributed by atoms with Crippen LogP contribution in [0.2, 0.25) is 0 Å². The Kier molecular flexibility index (Phi) is 6.15. The molecule has 0 aliphatic rings. The lowest BCUT2D eigenvalue weighted by atomic mass is 10.1. The molecule has 0 fully saturated rings. The highest BCUT2D eigenvalue weighted by molar-refractivity contribution is 5.92. The molecule has 1 unspecified atom stereocenters. The van der Waals surface area contributed by atoms with E-state index in [2.05, 4.69) is 36.3 Å². The second kappa shape index (κ2) is 8.32. The van der Waals surface area contributed by atoms with E-state index in [0.717, 1.165) is 25.1 Å². The second-order valence-corrected chi connectivity index (χ2v) is 5.79. The molecule has 2 rings (SSSR count). The number of hydrogen-bond acceptors (Lipinski definition) is 3. The largest absolute Gasteiger partial charge is 0.378 e. The van der Waals surface area contributed by atoms with E-state index in [0.29, 0.717) is 5.69 Å². The number of pyridine rings is 1. The van der Waals surface area contributed by atoms with Crippen LogP contribution in [-0.4, -0.2) is 29.4 Å². The first-order valence-corrected chi connectivity index (χ1v) is 8.14. The van der Waals surface area contributed by atoms with E-state index in [-0.39, 0.29) is 11.9 Å². The normalized spacial score (nSPS) is 11.8. The highest BCUT2D eigenvalue weighted by Gasteiger charge is 2.13. The standard InChI is InChI=1S/C19H25N3O/c1-4-5-13-22(3)19(23)18-14-17(11-12-20-18)21-15(2)16-9-7-6-8-10-16/h6-12,14-15H,4-5,13H2,1-3H3,(H,20,21). The van der Waals surface area contributed by atoms with E-state index in [4.69, 9.17) is 0 Å². The molecular weight excluding hydrogens is 286 g/mol. The molecule has 0 aliphatic heterocycles. The summed E-state index contributed by atoms with van der Waals surface area (Å²) < 4.78 is 0. The van der Waals surface area contributed by atoms with Gasteiger partial charge in [-0.1, -0.05) is 43.7 Å². The minimum atomic E-state index is -0.0329. The van der Waals surface area contributed by atoms with Crippen LogP contribution < -0.4 is 5.32 Å². The lowest BCUT2D eigenvalue weighted by Crippen LogP contribution is -2.28. The monoisotopic (exact) mass is 311 g/mol. The maximum atomic E-state index is 12.4. The molecule has 4 nitrogen and oxygen atoms in total. The third kappa shape index (κ3) is 4.81.